The van der Waals surface area contributed by atoms with Crippen LogP contribution in [0.2, 0.25) is 0 Å². The second kappa shape index (κ2) is 8.87. The van der Waals surface area contributed by atoms with Gasteiger partial charge in [-0.2, -0.15) is 0 Å². The molecule has 2 unspecified atom stereocenters. The highest BCUT2D eigenvalue weighted by atomic mass is 16.6. The molecule has 2 aromatic rings. The van der Waals surface area contributed by atoms with Gasteiger partial charge in [0.2, 0.25) is 5.90 Å². The number of amidine groups is 1. The molecule has 2 aromatic carbocycles. The molecule has 1 saturated carbocycles. The predicted molar refractivity (Wildman–Crippen MR) is 136 cm³/mol. The van der Waals surface area contributed by atoms with Crippen LogP contribution in [0.3, 0.4) is 0 Å². The smallest absolute Gasteiger partial charge is 0.408 e. The van der Waals surface area contributed by atoms with Crippen LogP contribution in [0.5, 0.6) is 0 Å². The molecule has 0 radical (unpaired) electrons. The van der Waals surface area contributed by atoms with Crippen LogP contribution in [-0.2, 0) is 15.0 Å². The first-order valence-corrected chi connectivity index (χ1v) is 12.1. The van der Waals surface area contributed by atoms with Crippen LogP contribution < -0.4 is 5.32 Å². The van der Waals surface area contributed by atoms with Crippen LogP contribution in [0.1, 0.15) is 68.8 Å². The summed E-state index contributed by atoms with van der Waals surface area (Å²) in [5, 5.41) is 9.77. The van der Waals surface area contributed by atoms with E-state index in [1.165, 1.54) is 0 Å². The van der Waals surface area contributed by atoms with E-state index in [2.05, 4.69) is 46.8 Å². The maximum Gasteiger partial charge on any atom is 0.408 e. The molecule has 2 atom stereocenters. The maximum absolute atomic E-state index is 12.5. The third-order valence-corrected chi connectivity index (χ3v) is 6.75. The van der Waals surface area contributed by atoms with Crippen molar-refractivity contribution in [2.45, 2.75) is 63.3 Å². The van der Waals surface area contributed by atoms with Gasteiger partial charge in [0, 0.05) is 6.08 Å². The zero-order chi connectivity index (χ0) is 24.6. The quantitative estimate of drug-likeness (QED) is 0.627. The molecule has 35 heavy (non-hydrogen) atoms. The van der Waals surface area contributed by atoms with Crippen molar-refractivity contribution in [2.24, 2.45) is 10.1 Å². The van der Waals surface area contributed by atoms with Gasteiger partial charge in [-0.25, -0.2) is 9.80 Å². The van der Waals surface area contributed by atoms with E-state index in [0.29, 0.717) is 5.90 Å². The van der Waals surface area contributed by atoms with Crippen LogP contribution in [0.15, 0.2) is 76.8 Å². The summed E-state index contributed by atoms with van der Waals surface area (Å²) in [6.07, 6.45) is 6.29. The number of nitrogens with one attached hydrogen (secondary N) is 1. The number of carbonyl (C=O) groups is 1. The van der Waals surface area contributed by atoms with Crippen LogP contribution in [0.25, 0.3) is 0 Å². The number of methoxy groups -OCH3 is 1. The maximum atomic E-state index is 12.5. The fourth-order valence-corrected chi connectivity index (χ4v) is 4.92. The lowest BCUT2D eigenvalue weighted by Gasteiger charge is -2.43. The highest BCUT2D eigenvalue weighted by Gasteiger charge is 2.42. The van der Waals surface area contributed by atoms with Gasteiger partial charge >= 0.3 is 6.09 Å². The highest BCUT2D eigenvalue weighted by molar-refractivity contribution is 6.04. The molecule has 7 heteroatoms. The Labute approximate surface area is 206 Å². The molecule has 7 nitrogen and oxygen atoms in total. The highest BCUT2D eigenvalue weighted by Crippen LogP contribution is 2.45. The number of nitrogens with zero attached hydrogens (tertiary/aromatic N) is 3. The Morgan fingerprint density at radius 2 is 1.74 bits per heavy atom. The van der Waals surface area contributed by atoms with Gasteiger partial charge in [-0.1, -0.05) is 54.6 Å². The van der Waals surface area contributed by atoms with E-state index < -0.39 is 5.60 Å². The van der Waals surface area contributed by atoms with Crippen LogP contribution in [-0.4, -0.2) is 35.5 Å². The summed E-state index contributed by atoms with van der Waals surface area (Å²) in [5.74, 6) is 1.37. The second-order valence-corrected chi connectivity index (χ2v) is 10.3. The lowest BCUT2D eigenvalue weighted by Crippen LogP contribution is -2.52. The van der Waals surface area contributed by atoms with E-state index in [4.69, 9.17) is 14.5 Å². The number of rotatable bonds is 4. The molecular formula is C28H32N4O3. The second-order valence-electron chi connectivity index (χ2n) is 10.3. The van der Waals surface area contributed by atoms with Crippen molar-refractivity contribution in [3.05, 3.63) is 83.4 Å². The SMILES string of the molecule is COC1=NN2C(=NC(c3ccc(C4(NC(=O)OC(C)(C)C)CCC4)cc3)C2c2ccccc2)C=C1. The zero-order valence-corrected chi connectivity index (χ0v) is 20.7. The molecule has 3 aliphatic rings. The number of hydrazone groups is 1. The molecule has 0 bridgehead atoms. The number of alkyl carbamates (subject to hydrolysis) is 1. The van der Waals surface area contributed by atoms with Crippen LogP contribution >= 0.6 is 0 Å². The Balaban J connectivity index is 1.43. The first kappa shape index (κ1) is 23.1. The van der Waals surface area contributed by atoms with Gasteiger partial charge < -0.3 is 14.8 Å². The van der Waals surface area contributed by atoms with Crippen molar-refractivity contribution in [3.8, 4) is 0 Å². The van der Waals surface area contributed by atoms with Gasteiger partial charge in [-0.15, -0.1) is 5.10 Å². The molecule has 0 aromatic heterocycles. The molecule has 5 rings (SSSR count). The number of ether oxygens (including phenoxy) is 2. The summed E-state index contributed by atoms with van der Waals surface area (Å²) in [5.41, 5.74) is 2.42. The lowest BCUT2D eigenvalue weighted by atomic mass is 9.71. The Bertz CT molecular complexity index is 1170. The molecule has 182 valence electrons. The van der Waals surface area contributed by atoms with E-state index in [1.807, 2.05) is 56.1 Å². The largest absolute Gasteiger partial charge is 0.480 e. The number of amides is 1. The molecule has 2 heterocycles. The number of benzene rings is 2. The lowest BCUT2D eigenvalue weighted by molar-refractivity contribution is 0.0377. The van der Waals surface area contributed by atoms with Crippen molar-refractivity contribution in [3.63, 3.8) is 0 Å². The van der Waals surface area contributed by atoms with E-state index in [9.17, 15) is 4.79 Å². The molecule has 0 spiro atoms. The average molecular weight is 473 g/mol. The third-order valence-electron chi connectivity index (χ3n) is 6.75. The molecule has 0 saturated heterocycles. The topological polar surface area (TPSA) is 75.5 Å². The van der Waals surface area contributed by atoms with E-state index in [1.54, 1.807) is 7.11 Å². The van der Waals surface area contributed by atoms with Crippen molar-refractivity contribution < 1.29 is 14.3 Å². The number of carbonyl (C=O) groups excluding carboxylic acids is 1. The fraction of sp³-hybridized carbons (Fsp3) is 0.393. The number of hydrogen-bond acceptors (Lipinski definition) is 6. The summed E-state index contributed by atoms with van der Waals surface area (Å²) in [4.78, 5) is 17.6. The third kappa shape index (κ3) is 4.55. The van der Waals surface area contributed by atoms with Crippen LogP contribution in [0.4, 0.5) is 4.79 Å². The van der Waals surface area contributed by atoms with E-state index in [-0.39, 0.29) is 23.7 Å². The van der Waals surface area contributed by atoms with Crippen molar-refractivity contribution in [1.29, 1.82) is 0 Å². The summed E-state index contributed by atoms with van der Waals surface area (Å²) in [7, 11) is 1.62. The predicted octanol–water partition coefficient (Wildman–Crippen LogP) is 5.62. The Morgan fingerprint density at radius 3 is 2.34 bits per heavy atom. The van der Waals surface area contributed by atoms with Crippen LogP contribution in [0, 0.1) is 0 Å². The van der Waals surface area contributed by atoms with Gasteiger partial charge in [0.05, 0.1) is 12.6 Å². The van der Waals surface area contributed by atoms with E-state index in [0.717, 1.165) is 41.8 Å². The Hall–Kier alpha value is -3.61. The first-order chi connectivity index (χ1) is 16.8. The molecule has 1 amide bonds. The van der Waals surface area contributed by atoms with Crippen molar-refractivity contribution in [2.75, 3.05) is 7.11 Å². The van der Waals surface area contributed by atoms with Gasteiger partial charge in [-0.3, -0.25) is 4.99 Å². The zero-order valence-electron chi connectivity index (χ0n) is 20.7. The van der Waals surface area contributed by atoms with Crippen molar-refractivity contribution >= 4 is 17.8 Å². The average Bonchev–Trinajstić information content (AvgIpc) is 3.19. The summed E-state index contributed by atoms with van der Waals surface area (Å²) in [6.45, 7) is 5.64. The number of hydrogen-bond donors (Lipinski definition) is 1. The molecular weight excluding hydrogens is 440 g/mol. The van der Waals surface area contributed by atoms with E-state index >= 15 is 0 Å². The van der Waals surface area contributed by atoms with Gasteiger partial charge in [0.25, 0.3) is 0 Å². The van der Waals surface area contributed by atoms with Gasteiger partial charge in [0.15, 0.2) is 0 Å². The minimum atomic E-state index is -0.529. The summed E-state index contributed by atoms with van der Waals surface area (Å²) < 4.78 is 10.9. The first-order valence-electron chi connectivity index (χ1n) is 12.1. The molecule has 1 N–H and O–H groups in total. The van der Waals surface area contributed by atoms with Gasteiger partial charge in [0.1, 0.15) is 23.5 Å². The minimum Gasteiger partial charge on any atom is -0.480 e. The molecule has 2 aliphatic heterocycles. The van der Waals surface area contributed by atoms with Gasteiger partial charge in [-0.05, 0) is 62.8 Å². The molecule has 1 fully saturated rings. The fourth-order valence-electron chi connectivity index (χ4n) is 4.92. The Morgan fingerprint density at radius 1 is 1.03 bits per heavy atom. The monoisotopic (exact) mass is 472 g/mol. The van der Waals surface area contributed by atoms with Crippen molar-refractivity contribution in [1.82, 2.24) is 10.3 Å². The number of aliphatic imine (C=N–C) groups is 1. The molecule has 1 aliphatic carbocycles. The summed E-state index contributed by atoms with van der Waals surface area (Å²) in [6, 6.07) is 18.6. The minimum absolute atomic E-state index is 0.0790. The standard InChI is InChI=1S/C28H32N4O3/c1-27(2,3)35-26(33)30-28(17-8-18-28)21-13-11-19(12-14-21)24-25(20-9-6-5-7-10-20)32-22(29-24)15-16-23(31-32)34-4/h5-7,9-16,24-25H,8,17-18H2,1-4H3,(H,30,33). The summed E-state index contributed by atoms with van der Waals surface area (Å²) >= 11 is 0. The normalized spacial score (nSPS) is 22.5. The number of fused-ring (bicyclic) bond motifs is 1. The Kier molecular flexibility index (Phi) is 5.87.